The third-order valence-corrected chi connectivity index (χ3v) is 14.5. The molecule has 4 aromatic rings. The summed E-state index contributed by atoms with van der Waals surface area (Å²) in [6.07, 6.45) is 8.21. The molecule has 0 unspecified atom stereocenters. The van der Waals surface area contributed by atoms with Gasteiger partial charge < -0.3 is 61.4 Å². The number of cyclic esters (lactones) is 1. The van der Waals surface area contributed by atoms with E-state index in [1.54, 1.807) is 6.08 Å². The van der Waals surface area contributed by atoms with E-state index in [-0.39, 0.29) is 31.6 Å². The Morgan fingerprint density at radius 3 is 1.68 bits per heavy atom. The highest BCUT2D eigenvalue weighted by atomic mass is 35.5. The number of anilines is 2. The minimum atomic E-state index is -1.69. The lowest BCUT2D eigenvalue weighted by Crippen LogP contribution is -2.55. The van der Waals surface area contributed by atoms with E-state index >= 15 is 0 Å². The summed E-state index contributed by atoms with van der Waals surface area (Å²) in [5.41, 5.74) is 14.0. The molecule has 3 heterocycles. The van der Waals surface area contributed by atoms with Gasteiger partial charge in [-0.1, -0.05) is 130 Å². The molecule has 16 nitrogen and oxygen atoms in total. The maximum atomic E-state index is 13.0. The summed E-state index contributed by atoms with van der Waals surface area (Å²) in [4.78, 5) is 48.9. The smallest absolute Gasteiger partial charge is 0.338 e. The molecule has 0 aromatic heterocycles. The molecule has 2 aliphatic carbocycles. The fourth-order valence-corrected chi connectivity index (χ4v) is 10.1. The lowest BCUT2D eigenvalue weighted by atomic mass is 9.98. The largest absolute Gasteiger partial charge is 0.454 e. The molecule has 0 radical (unpaired) electrons. The molecule has 17 heteroatoms. The van der Waals surface area contributed by atoms with Crippen LogP contribution in [0, 0.1) is 11.8 Å². The van der Waals surface area contributed by atoms with Crippen LogP contribution in [0.5, 0.6) is 0 Å². The Bertz CT molecular complexity index is 2560. The minimum Gasteiger partial charge on any atom is -0.454 e. The van der Waals surface area contributed by atoms with Crippen molar-refractivity contribution in [3.8, 4) is 22.3 Å². The maximum absolute atomic E-state index is 13.0. The standard InChI is InChI=1S/C29H36N2O6.C16H16N2O.C13H20O5.CH4.ClH/c1-37-27(26(34)25(33)24(32)16-11-18-7-5-6-8-18)29(36)31-23-15-13-21-17-20(19-9-3-2-4-10-19)12-14-22(21)30-28(23)35;17-14-8-6-13-10-12(11-4-2-1-3-5-11)7-9-15(13)18-16(14)19;1-17-12-10(15)11(18-13(12)16)9(14)7-6-8-4-2-3-5-8;;/h2-4,9-12,14,16-18,23-27,32-34H,5-8,13,15H2,1H3,(H,30,35)(H,31,36);1-5,7,9-10,14H,6,8,17H2,(H,18,19);6-12,14-15H,2-5H2,1H3;1H4;1H/b16-11+;;7-6+;;/t23-,24+,25-,26+,27+;14-;9-,10-,11+,12-;;/m001../s1. The summed E-state index contributed by atoms with van der Waals surface area (Å²) in [6, 6.07) is 30.9. The number of hydrogen-bond acceptors (Lipinski definition) is 13. The van der Waals surface area contributed by atoms with Crippen LogP contribution in [0.4, 0.5) is 11.4 Å². The highest BCUT2D eigenvalue weighted by molar-refractivity contribution is 5.99. The number of rotatable bonds is 14. The number of nitrogens with two attached hydrogens (primary N) is 1. The van der Waals surface area contributed by atoms with E-state index in [4.69, 9.17) is 19.9 Å². The average Bonchev–Trinajstić information content (AvgIpc) is 4.18. The van der Waals surface area contributed by atoms with Gasteiger partial charge in [-0.25, -0.2) is 4.79 Å². The molecule has 9 rings (SSSR count). The summed E-state index contributed by atoms with van der Waals surface area (Å²) in [5, 5.41) is 59.6. The van der Waals surface area contributed by atoms with Crippen molar-refractivity contribution in [1.29, 1.82) is 0 Å². The first-order valence-corrected chi connectivity index (χ1v) is 25.8. The summed E-state index contributed by atoms with van der Waals surface area (Å²) in [5.74, 6) is -0.982. The van der Waals surface area contributed by atoms with Crippen LogP contribution in [-0.4, -0.2) is 124 Å². The van der Waals surface area contributed by atoms with Gasteiger partial charge in [0.05, 0.1) is 6.04 Å². The quantitative estimate of drug-likeness (QED) is 0.0478. The number of esters is 1. The second kappa shape index (κ2) is 29.7. The monoisotopic (exact) mass is 1070 g/mol. The van der Waals surface area contributed by atoms with Crippen LogP contribution in [0.2, 0.25) is 0 Å². The Balaban J connectivity index is 0.000000230. The number of carbonyl (C=O) groups excluding carboxylic acids is 4. The van der Waals surface area contributed by atoms with Crippen molar-refractivity contribution >= 4 is 47.5 Å². The van der Waals surface area contributed by atoms with Crippen molar-refractivity contribution in [2.45, 2.75) is 145 Å². The zero-order valence-electron chi connectivity index (χ0n) is 42.5. The molecule has 2 saturated carbocycles. The highest BCUT2D eigenvalue weighted by Gasteiger charge is 2.47. The molecule has 3 aliphatic heterocycles. The first kappa shape index (κ1) is 61.1. The van der Waals surface area contributed by atoms with Crippen LogP contribution >= 0.6 is 12.4 Å². The Kier molecular flexibility index (Phi) is 23.8. The van der Waals surface area contributed by atoms with Gasteiger partial charge in [0, 0.05) is 25.6 Å². The van der Waals surface area contributed by atoms with Gasteiger partial charge in [-0.05, 0) is 121 Å². The number of aliphatic hydroxyl groups excluding tert-OH is 5. The molecule has 5 aliphatic rings. The van der Waals surface area contributed by atoms with E-state index < -0.39 is 72.8 Å². The summed E-state index contributed by atoms with van der Waals surface area (Å²) in [6.45, 7) is 0. The predicted molar refractivity (Wildman–Crippen MR) is 295 cm³/mol. The molecule has 4 aromatic carbocycles. The van der Waals surface area contributed by atoms with Crippen LogP contribution in [0.3, 0.4) is 0 Å². The van der Waals surface area contributed by atoms with Gasteiger partial charge in [-0.3, -0.25) is 14.4 Å². The number of fused-ring (bicyclic) bond motifs is 2. The molecule has 412 valence electrons. The molecule has 0 bridgehead atoms. The lowest BCUT2D eigenvalue weighted by Gasteiger charge is -2.28. The summed E-state index contributed by atoms with van der Waals surface area (Å²) in [7, 11) is 2.56. The molecular formula is C59H77ClN4O12. The van der Waals surface area contributed by atoms with Crippen molar-refractivity contribution in [3.05, 3.63) is 132 Å². The van der Waals surface area contributed by atoms with Crippen molar-refractivity contribution in [2.75, 3.05) is 24.9 Å². The number of ether oxygens (including phenoxy) is 3. The van der Waals surface area contributed by atoms with Gasteiger partial charge in [-0.2, -0.15) is 0 Å². The molecule has 76 heavy (non-hydrogen) atoms. The SMILES string of the molecule is C.CO[C@@H](C(=O)N[C@H]1CCc2cc(-c3ccccc3)ccc2NC1=O)[C@H](O)[C@@H](O)[C@H](O)/C=C/C1CCCC1.CO[C@H]1C(=O)O[C@@H]([C@H](O)/C=C/C2CCCC2)[C@H]1O.Cl.N[C@H]1CCc2cc(-c3ccccc3)ccc2NC1=O. The fourth-order valence-electron chi connectivity index (χ4n) is 10.1. The third kappa shape index (κ3) is 16.1. The average molecular weight is 1070 g/mol. The van der Waals surface area contributed by atoms with E-state index in [1.165, 1.54) is 44.3 Å². The Labute approximate surface area is 452 Å². The number of hydrogen-bond donors (Lipinski definition) is 9. The number of nitrogens with one attached hydrogen (secondary N) is 3. The van der Waals surface area contributed by atoms with Crippen molar-refractivity contribution < 1.29 is 58.9 Å². The molecular weight excluding hydrogens is 992 g/mol. The highest BCUT2D eigenvalue weighted by Crippen LogP contribution is 2.32. The van der Waals surface area contributed by atoms with E-state index in [2.05, 4.69) is 34.1 Å². The summed E-state index contributed by atoms with van der Waals surface area (Å²) >= 11 is 0. The number of benzene rings is 4. The molecule has 1 saturated heterocycles. The third-order valence-electron chi connectivity index (χ3n) is 14.5. The number of aliphatic hydroxyl groups is 5. The molecule has 10 N–H and O–H groups in total. The van der Waals surface area contributed by atoms with Gasteiger partial charge in [-0.15, -0.1) is 12.4 Å². The Morgan fingerprint density at radius 2 is 1.18 bits per heavy atom. The number of methoxy groups -OCH3 is 2. The second-order valence-electron chi connectivity index (χ2n) is 19.7. The van der Waals surface area contributed by atoms with Crippen LogP contribution in [0.25, 0.3) is 22.3 Å². The zero-order chi connectivity index (χ0) is 52.7. The van der Waals surface area contributed by atoms with Gasteiger partial charge in [0.2, 0.25) is 11.8 Å². The molecule has 0 spiro atoms. The van der Waals surface area contributed by atoms with E-state index in [0.717, 1.165) is 72.9 Å². The van der Waals surface area contributed by atoms with Gasteiger partial charge in [0.1, 0.15) is 36.6 Å². The van der Waals surface area contributed by atoms with Gasteiger partial charge >= 0.3 is 5.97 Å². The van der Waals surface area contributed by atoms with Crippen molar-refractivity contribution in [3.63, 3.8) is 0 Å². The topological polar surface area (TPSA) is 259 Å². The van der Waals surface area contributed by atoms with Crippen molar-refractivity contribution in [2.24, 2.45) is 17.6 Å². The second-order valence-corrected chi connectivity index (χ2v) is 19.7. The number of amides is 3. The first-order chi connectivity index (χ1) is 35.7. The van der Waals surface area contributed by atoms with Crippen LogP contribution in [-0.2, 0) is 46.2 Å². The Morgan fingerprint density at radius 1 is 0.684 bits per heavy atom. The summed E-state index contributed by atoms with van der Waals surface area (Å²) < 4.78 is 14.9. The van der Waals surface area contributed by atoms with Crippen molar-refractivity contribution in [1.82, 2.24) is 5.32 Å². The maximum Gasteiger partial charge on any atom is 0.338 e. The first-order valence-electron chi connectivity index (χ1n) is 25.8. The zero-order valence-corrected chi connectivity index (χ0v) is 43.4. The van der Waals surface area contributed by atoms with Crippen LogP contribution < -0.4 is 21.7 Å². The molecule has 10 atom stereocenters. The Hall–Kier alpha value is -5.79. The van der Waals surface area contributed by atoms with Gasteiger partial charge in [0.25, 0.3) is 5.91 Å². The number of halogens is 1. The normalized spacial score (nSPS) is 23.4. The number of carbonyl (C=O) groups is 4. The minimum absolute atomic E-state index is 0. The van der Waals surface area contributed by atoms with E-state index in [0.29, 0.717) is 36.8 Å². The predicted octanol–water partition coefficient (Wildman–Crippen LogP) is 6.59. The van der Waals surface area contributed by atoms with Crippen LogP contribution in [0.1, 0.15) is 82.8 Å². The van der Waals surface area contributed by atoms with E-state index in [9.17, 15) is 44.7 Å². The number of allylic oxidation sites excluding steroid dienone is 2. The van der Waals surface area contributed by atoms with Crippen LogP contribution in [0.15, 0.2) is 121 Å². The fraction of sp³-hybridized carbons (Fsp3) is 0.458. The molecule has 3 fully saturated rings. The number of aryl methyl sites for hydroxylation is 2. The lowest BCUT2D eigenvalue weighted by molar-refractivity contribution is -0.151. The molecule has 3 amide bonds. The van der Waals surface area contributed by atoms with E-state index in [1.807, 2.05) is 91.0 Å². The van der Waals surface area contributed by atoms with Gasteiger partial charge in [0.15, 0.2) is 18.3 Å².